The summed E-state index contributed by atoms with van der Waals surface area (Å²) in [6.07, 6.45) is 1.67. The van der Waals surface area contributed by atoms with Gasteiger partial charge in [-0.15, -0.1) is 0 Å². The van der Waals surface area contributed by atoms with Crippen LogP contribution in [0.2, 0.25) is 0 Å². The molecule has 2 aromatic heterocycles. The number of carbonyl (C=O) groups is 1. The molecular weight excluding hydrogens is 268 g/mol. The molecule has 0 aliphatic heterocycles. The van der Waals surface area contributed by atoms with Gasteiger partial charge < -0.3 is 11.1 Å². The molecule has 3 rings (SSSR count). The number of nitrogen functional groups attached to an aromatic ring is 1. The maximum atomic E-state index is 12.3. The van der Waals surface area contributed by atoms with Crippen molar-refractivity contribution in [3.63, 3.8) is 0 Å². The Hall–Kier alpha value is -2.83. The van der Waals surface area contributed by atoms with E-state index in [0.717, 1.165) is 16.6 Å². The van der Waals surface area contributed by atoms with E-state index >= 15 is 0 Å². The van der Waals surface area contributed by atoms with E-state index < -0.39 is 0 Å². The minimum absolute atomic E-state index is 0.177. The molecule has 21 heavy (non-hydrogen) atoms. The van der Waals surface area contributed by atoms with E-state index in [-0.39, 0.29) is 17.5 Å². The van der Waals surface area contributed by atoms with Gasteiger partial charge in [0, 0.05) is 5.39 Å². The topological polar surface area (TPSA) is 112 Å². The fourth-order valence-electron chi connectivity index (χ4n) is 2.24. The number of nitrogens with zero attached hydrogens (tertiary/aromatic N) is 2. The number of aromatic nitrogens is 4. The van der Waals surface area contributed by atoms with Crippen LogP contribution in [-0.2, 0) is 0 Å². The molecular formula is C14H16N6O. The number of hydrogen-bond donors (Lipinski definition) is 4. The summed E-state index contributed by atoms with van der Waals surface area (Å²) in [5, 5.41) is 17.3. The van der Waals surface area contributed by atoms with Crippen LogP contribution < -0.4 is 11.1 Å². The number of rotatable bonds is 3. The first-order valence-electron chi connectivity index (χ1n) is 6.65. The zero-order valence-corrected chi connectivity index (χ0v) is 11.8. The summed E-state index contributed by atoms with van der Waals surface area (Å²) in [5.74, 6) is -0.166. The number of H-pyrrole nitrogens is 2. The minimum atomic E-state index is -0.343. The maximum Gasteiger partial charge on any atom is 0.278 e. The molecule has 0 aliphatic rings. The summed E-state index contributed by atoms with van der Waals surface area (Å²) in [6.45, 7) is 3.97. The Kier molecular flexibility index (Phi) is 3.09. The molecule has 7 nitrogen and oxygen atoms in total. The quantitative estimate of drug-likeness (QED) is 0.590. The standard InChI is InChI=1S/C14H16N6O/c1-7(2)12-11(15)13(20-19-12)14(21)17-9-4-3-5-10-8(9)6-16-18-10/h3-7H,15H2,1-2H3,(H,16,18)(H,17,21)(H,19,20). The predicted octanol–water partition coefficient (Wildman–Crippen LogP) is 2.24. The Morgan fingerprint density at radius 2 is 2.14 bits per heavy atom. The van der Waals surface area contributed by atoms with Crippen LogP contribution >= 0.6 is 0 Å². The average molecular weight is 284 g/mol. The Balaban J connectivity index is 1.92. The van der Waals surface area contributed by atoms with E-state index in [1.165, 1.54) is 0 Å². The Morgan fingerprint density at radius 3 is 2.86 bits per heavy atom. The van der Waals surface area contributed by atoms with Crippen molar-refractivity contribution < 1.29 is 4.79 Å². The van der Waals surface area contributed by atoms with Gasteiger partial charge >= 0.3 is 0 Å². The van der Waals surface area contributed by atoms with E-state index in [1.54, 1.807) is 6.20 Å². The van der Waals surface area contributed by atoms with Crippen molar-refractivity contribution in [2.45, 2.75) is 19.8 Å². The molecule has 7 heteroatoms. The molecule has 2 heterocycles. The zero-order chi connectivity index (χ0) is 15.0. The maximum absolute atomic E-state index is 12.3. The van der Waals surface area contributed by atoms with Crippen LogP contribution in [-0.4, -0.2) is 26.3 Å². The summed E-state index contributed by atoms with van der Waals surface area (Å²) in [6, 6.07) is 5.53. The van der Waals surface area contributed by atoms with E-state index in [0.29, 0.717) is 11.4 Å². The molecule has 3 aromatic rings. The van der Waals surface area contributed by atoms with E-state index in [2.05, 4.69) is 25.7 Å². The number of fused-ring (bicyclic) bond motifs is 1. The third kappa shape index (κ3) is 2.22. The Morgan fingerprint density at radius 1 is 1.33 bits per heavy atom. The van der Waals surface area contributed by atoms with Gasteiger partial charge in [0.25, 0.3) is 5.91 Å². The second-order valence-electron chi connectivity index (χ2n) is 5.15. The van der Waals surface area contributed by atoms with Crippen LogP contribution in [0.3, 0.4) is 0 Å². The third-order valence-corrected chi connectivity index (χ3v) is 3.36. The van der Waals surface area contributed by atoms with Gasteiger partial charge in [-0.1, -0.05) is 19.9 Å². The molecule has 0 unspecified atom stereocenters. The lowest BCUT2D eigenvalue weighted by molar-refractivity contribution is 0.102. The third-order valence-electron chi connectivity index (χ3n) is 3.36. The lowest BCUT2D eigenvalue weighted by atomic mass is 10.1. The smallest absolute Gasteiger partial charge is 0.278 e. The summed E-state index contributed by atoms with van der Waals surface area (Å²) < 4.78 is 0. The molecule has 0 bridgehead atoms. The second kappa shape index (κ2) is 4.93. The first-order valence-corrected chi connectivity index (χ1v) is 6.65. The largest absolute Gasteiger partial charge is 0.395 e. The van der Waals surface area contributed by atoms with Crippen LogP contribution in [0.5, 0.6) is 0 Å². The lowest BCUT2D eigenvalue weighted by Crippen LogP contribution is -2.14. The zero-order valence-electron chi connectivity index (χ0n) is 11.8. The average Bonchev–Trinajstić information content (AvgIpc) is 3.05. The monoisotopic (exact) mass is 284 g/mol. The van der Waals surface area contributed by atoms with Gasteiger partial charge in [0.15, 0.2) is 5.69 Å². The minimum Gasteiger partial charge on any atom is -0.395 e. The number of nitrogens with two attached hydrogens (primary N) is 1. The molecule has 0 fully saturated rings. The highest BCUT2D eigenvalue weighted by molar-refractivity contribution is 6.10. The fraction of sp³-hybridized carbons (Fsp3) is 0.214. The van der Waals surface area contributed by atoms with Gasteiger partial charge in [0.1, 0.15) is 0 Å². The molecule has 1 aromatic carbocycles. The molecule has 0 saturated heterocycles. The molecule has 0 saturated carbocycles. The molecule has 0 spiro atoms. The van der Waals surface area contributed by atoms with Crippen molar-refractivity contribution in [1.29, 1.82) is 0 Å². The van der Waals surface area contributed by atoms with Crippen LogP contribution in [0.15, 0.2) is 24.4 Å². The molecule has 1 amide bonds. The highest BCUT2D eigenvalue weighted by atomic mass is 16.2. The number of anilines is 2. The first-order chi connectivity index (χ1) is 10.1. The molecule has 0 atom stereocenters. The normalized spacial score (nSPS) is 11.2. The lowest BCUT2D eigenvalue weighted by Gasteiger charge is -2.06. The van der Waals surface area contributed by atoms with E-state index in [1.807, 2.05) is 32.0 Å². The van der Waals surface area contributed by atoms with Crippen LogP contribution in [0, 0.1) is 0 Å². The van der Waals surface area contributed by atoms with Crippen LogP contribution in [0.1, 0.15) is 35.9 Å². The van der Waals surface area contributed by atoms with Crippen molar-refractivity contribution in [2.24, 2.45) is 0 Å². The number of amides is 1. The van der Waals surface area contributed by atoms with Gasteiger partial charge in [-0.25, -0.2) is 0 Å². The van der Waals surface area contributed by atoms with Gasteiger partial charge in [-0.2, -0.15) is 10.2 Å². The van der Waals surface area contributed by atoms with Gasteiger partial charge in [0.05, 0.1) is 28.8 Å². The van der Waals surface area contributed by atoms with Crippen LogP contribution in [0.4, 0.5) is 11.4 Å². The number of aromatic amines is 2. The summed E-state index contributed by atoms with van der Waals surface area (Å²) in [5.41, 5.74) is 8.86. The van der Waals surface area contributed by atoms with E-state index in [4.69, 9.17) is 5.73 Å². The second-order valence-corrected chi connectivity index (χ2v) is 5.15. The highest BCUT2D eigenvalue weighted by Gasteiger charge is 2.19. The van der Waals surface area contributed by atoms with Crippen molar-refractivity contribution in [3.05, 3.63) is 35.8 Å². The Bertz CT molecular complexity index is 801. The number of carbonyl (C=O) groups excluding carboxylic acids is 1. The predicted molar refractivity (Wildman–Crippen MR) is 81.1 cm³/mol. The molecule has 0 radical (unpaired) electrons. The highest BCUT2D eigenvalue weighted by Crippen LogP contribution is 2.25. The fourth-order valence-corrected chi connectivity index (χ4v) is 2.24. The van der Waals surface area contributed by atoms with Gasteiger partial charge in [0.2, 0.25) is 0 Å². The first kappa shape index (κ1) is 13.2. The van der Waals surface area contributed by atoms with Crippen molar-refractivity contribution in [3.8, 4) is 0 Å². The summed E-state index contributed by atoms with van der Waals surface area (Å²) >= 11 is 0. The SMILES string of the molecule is CC(C)c1[nH]nc(C(=O)Nc2cccc3[nH]ncc23)c1N. The van der Waals surface area contributed by atoms with Crippen molar-refractivity contribution >= 4 is 28.2 Å². The number of hydrogen-bond acceptors (Lipinski definition) is 4. The summed E-state index contributed by atoms with van der Waals surface area (Å²) in [4.78, 5) is 12.3. The molecule has 0 aliphatic carbocycles. The van der Waals surface area contributed by atoms with Gasteiger partial charge in [-0.3, -0.25) is 15.0 Å². The van der Waals surface area contributed by atoms with Crippen molar-refractivity contribution in [2.75, 3.05) is 11.1 Å². The van der Waals surface area contributed by atoms with Crippen molar-refractivity contribution in [1.82, 2.24) is 20.4 Å². The molecule has 5 N–H and O–H groups in total. The summed E-state index contributed by atoms with van der Waals surface area (Å²) in [7, 11) is 0. The van der Waals surface area contributed by atoms with E-state index in [9.17, 15) is 4.79 Å². The van der Waals surface area contributed by atoms with Gasteiger partial charge in [-0.05, 0) is 18.1 Å². The number of benzene rings is 1. The molecule has 108 valence electrons. The number of nitrogens with one attached hydrogen (secondary N) is 3. The van der Waals surface area contributed by atoms with Crippen LogP contribution in [0.25, 0.3) is 10.9 Å². The Labute approximate surface area is 120 Å².